The Balaban J connectivity index is 1.82. The lowest BCUT2D eigenvalue weighted by molar-refractivity contribution is 0.0238. The van der Waals surface area contributed by atoms with Gasteiger partial charge in [0.1, 0.15) is 0 Å². The summed E-state index contributed by atoms with van der Waals surface area (Å²) < 4.78 is 48.8. The maximum absolute atomic E-state index is 11.9. The Hall–Kier alpha value is -0.260. The highest BCUT2D eigenvalue weighted by Gasteiger charge is 2.37. The average Bonchev–Trinajstić information content (AvgIpc) is 2.86. The standard InChI is InChI=1S/C9H19N3O5S2/c13-9-10-2-4-12(9)5-3-11-19(16,17)8-1-6-18(14,15)7-8/h8-11,13H,1-7H2/t8-,9+/m1/s1. The molecule has 0 amide bonds. The molecule has 2 atom stereocenters. The van der Waals surface area contributed by atoms with Crippen LogP contribution in [0.25, 0.3) is 0 Å². The first-order valence-electron chi connectivity index (χ1n) is 6.14. The van der Waals surface area contributed by atoms with Gasteiger partial charge in [-0.1, -0.05) is 0 Å². The lowest BCUT2D eigenvalue weighted by Gasteiger charge is -2.19. The molecule has 2 aliphatic rings. The number of nitrogens with one attached hydrogen (secondary N) is 2. The van der Waals surface area contributed by atoms with Crippen molar-refractivity contribution in [2.24, 2.45) is 0 Å². The lowest BCUT2D eigenvalue weighted by atomic mass is 10.4. The second kappa shape index (κ2) is 5.62. The fourth-order valence-electron chi connectivity index (χ4n) is 2.28. The Morgan fingerprint density at radius 3 is 2.68 bits per heavy atom. The minimum Gasteiger partial charge on any atom is -0.365 e. The lowest BCUT2D eigenvalue weighted by Crippen LogP contribution is -2.42. The summed E-state index contributed by atoms with van der Waals surface area (Å²) in [5.74, 6) is -0.358. The Morgan fingerprint density at radius 2 is 2.16 bits per heavy atom. The van der Waals surface area contributed by atoms with Crippen molar-refractivity contribution in [2.45, 2.75) is 18.0 Å². The van der Waals surface area contributed by atoms with Crippen LogP contribution < -0.4 is 10.0 Å². The van der Waals surface area contributed by atoms with Crippen molar-refractivity contribution in [3.05, 3.63) is 0 Å². The Kier molecular flexibility index (Phi) is 4.48. The van der Waals surface area contributed by atoms with E-state index in [9.17, 15) is 21.9 Å². The number of rotatable bonds is 5. The molecule has 0 unspecified atom stereocenters. The average molecular weight is 313 g/mol. The maximum Gasteiger partial charge on any atom is 0.215 e. The van der Waals surface area contributed by atoms with Gasteiger partial charge in [0, 0.05) is 26.2 Å². The van der Waals surface area contributed by atoms with E-state index in [0.29, 0.717) is 19.6 Å². The molecular weight excluding hydrogens is 294 g/mol. The third-order valence-electron chi connectivity index (χ3n) is 3.40. The molecule has 2 heterocycles. The summed E-state index contributed by atoms with van der Waals surface area (Å²) in [6.45, 7) is 1.86. The number of aliphatic hydroxyl groups is 1. The fourth-order valence-corrected chi connectivity index (χ4v) is 6.35. The van der Waals surface area contributed by atoms with Gasteiger partial charge in [-0.3, -0.25) is 10.2 Å². The van der Waals surface area contributed by atoms with Crippen molar-refractivity contribution in [3.63, 3.8) is 0 Å². The van der Waals surface area contributed by atoms with Crippen LogP contribution in [-0.2, 0) is 19.9 Å². The van der Waals surface area contributed by atoms with Gasteiger partial charge in [0.05, 0.1) is 16.8 Å². The Morgan fingerprint density at radius 1 is 1.42 bits per heavy atom. The SMILES string of the molecule is O=S1(=O)CC[C@@H](S(=O)(=O)NCCN2CCN[C@@H]2O)C1. The molecule has 0 bridgehead atoms. The molecule has 2 fully saturated rings. The second-order valence-electron chi connectivity index (χ2n) is 4.83. The predicted octanol–water partition coefficient (Wildman–Crippen LogP) is -2.73. The molecule has 2 rings (SSSR count). The molecule has 112 valence electrons. The van der Waals surface area contributed by atoms with E-state index in [0.717, 1.165) is 0 Å². The number of sulfone groups is 1. The van der Waals surface area contributed by atoms with Gasteiger partial charge in [0.2, 0.25) is 10.0 Å². The van der Waals surface area contributed by atoms with Gasteiger partial charge in [-0.2, -0.15) is 0 Å². The molecule has 2 saturated heterocycles. The van der Waals surface area contributed by atoms with E-state index >= 15 is 0 Å². The molecule has 2 aliphatic heterocycles. The van der Waals surface area contributed by atoms with E-state index in [2.05, 4.69) is 10.0 Å². The first kappa shape index (κ1) is 15.1. The van der Waals surface area contributed by atoms with Gasteiger partial charge in [-0.05, 0) is 6.42 Å². The zero-order valence-electron chi connectivity index (χ0n) is 10.4. The predicted molar refractivity (Wildman–Crippen MR) is 69.6 cm³/mol. The van der Waals surface area contributed by atoms with Crippen LogP contribution in [0.3, 0.4) is 0 Å². The number of hydrogen-bond acceptors (Lipinski definition) is 7. The Labute approximate surface area is 113 Å². The van der Waals surface area contributed by atoms with Gasteiger partial charge in [0.25, 0.3) is 0 Å². The molecule has 0 saturated carbocycles. The largest absolute Gasteiger partial charge is 0.365 e. The molecule has 0 spiro atoms. The number of nitrogens with zero attached hydrogens (tertiary/aromatic N) is 1. The molecule has 3 N–H and O–H groups in total. The summed E-state index contributed by atoms with van der Waals surface area (Å²) in [5, 5.41) is 11.4. The minimum absolute atomic E-state index is 0.0622. The number of sulfonamides is 1. The summed E-state index contributed by atoms with van der Waals surface area (Å²) >= 11 is 0. The summed E-state index contributed by atoms with van der Waals surface area (Å²) in [6, 6.07) is 0. The van der Waals surface area contributed by atoms with Gasteiger partial charge >= 0.3 is 0 Å². The quantitative estimate of drug-likeness (QED) is 0.505. The van der Waals surface area contributed by atoms with Gasteiger partial charge in [-0.25, -0.2) is 21.6 Å². The van der Waals surface area contributed by atoms with Crippen LogP contribution in [0, 0.1) is 0 Å². The first-order valence-corrected chi connectivity index (χ1v) is 9.51. The van der Waals surface area contributed by atoms with Gasteiger partial charge in [-0.15, -0.1) is 0 Å². The zero-order chi connectivity index (χ0) is 14.1. The normalized spacial score (nSPS) is 31.8. The van der Waals surface area contributed by atoms with E-state index in [1.54, 1.807) is 4.90 Å². The van der Waals surface area contributed by atoms with E-state index in [1.165, 1.54) is 0 Å². The van der Waals surface area contributed by atoms with Crippen molar-refractivity contribution in [1.29, 1.82) is 0 Å². The molecular formula is C9H19N3O5S2. The van der Waals surface area contributed by atoms with E-state index in [1.807, 2.05) is 0 Å². The molecule has 0 aromatic rings. The second-order valence-corrected chi connectivity index (χ2v) is 9.10. The van der Waals surface area contributed by atoms with Crippen LogP contribution in [0.5, 0.6) is 0 Å². The maximum atomic E-state index is 11.9. The topological polar surface area (TPSA) is 116 Å². The molecule has 0 radical (unpaired) electrons. The molecule has 0 aromatic carbocycles. The van der Waals surface area contributed by atoms with Crippen molar-refractivity contribution in [1.82, 2.24) is 14.9 Å². The van der Waals surface area contributed by atoms with E-state index < -0.39 is 31.5 Å². The smallest absolute Gasteiger partial charge is 0.215 e. The summed E-state index contributed by atoms with van der Waals surface area (Å²) in [6.07, 6.45) is -0.581. The molecule has 19 heavy (non-hydrogen) atoms. The number of aliphatic hydroxyl groups excluding tert-OH is 1. The van der Waals surface area contributed by atoms with Crippen molar-refractivity contribution in [2.75, 3.05) is 37.7 Å². The summed E-state index contributed by atoms with van der Waals surface area (Å²) in [5.41, 5.74) is 0. The summed E-state index contributed by atoms with van der Waals surface area (Å²) in [7, 11) is -6.81. The minimum atomic E-state index is -3.60. The van der Waals surface area contributed by atoms with Crippen LogP contribution in [0.1, 0.15) is 6.42 Å². The van der Waals surface area contributed by atoms with Crippen molar-refractivity contribution < 1.29 is 21.9 Å². The summed E-state index contributed by atoms with van der Waals surface area (Å²) in [4.78, 5) is 1.70. The van der Waals surface area contributed by atoms with Crippen LogP contribution >= 0.6 is 0 Å². The van der Waals surface area contributed by atoms with E-state index in [-0.39, 0.29) is 24.5 Å². The van der Waals surface area contributed by atoms with Crippen LogP contribution in [0.15, 0.2) is 0 Å². The highest BCUT2D eigenvalue weighted by molar-refractivity contribution is 7.95. The van der Waals surface area contributed by atoms with Crippen LogP contribution in [0.2, 0.25) is 0 Å². The molecule has 0 aliphatic carbocycles. The third kappa shape index (κ3) is 3.86. The first-order chi connectivity index (χ1) is 8.80. The highest BCUT2D eigenvalue weighted by atomic mass is 32.2. The van der Waals surface area contributed by atoms with Crippen LogP contribution in [0.4, 0.5) is 0 Å². The zero-order valence-corrected chi connectivity index (χ0v) is 12.1. The van der Waals surface area contributed by atoms with Crippen molar-refractivity contribution in [3.8, 4) is 0 Å². The van der Waals surface area contributed by atoms with Crippen molar-refractivity contribution >= 4 is 19.9 Å². The molecule has 10 heteroatoms. The number of hydrogen-bond donors (Lipinski definition) is 3. The molecule has 8 nitrogen and oxygen atoms in total. The van der Waals surface area contributed by atoms with E-state index in [4.69, 9.17) is 0 Å². The van der Waals surface area contributed by atoms with Crippen LogP contribution in [-0.4, -0.2) is 76.1 Å². The third-order valence-corrected chi connectivity index (χ3v) is 7.27. The van der Waals surface area contributed by atoms with Gasteiger partial charge in [0.15, 0.2) is 16.2 Å². The highest BCUT2D eigenvalue weighted by Crippen LogP contribution is 2.17. The van der Waals surface area contributed by atoms with Gasteiger partial charge < -0.3 is 5.11 Å². The monoisotopic (exact) mass is 313 g/mol. The fraction of sp³-hybridized carbons (Fsp3) is 1.00. The molecule has 0 aromatic heterocycles. The Bertz CT molecular complexity index is 518.